The fourth-order valence-electron chi connectivity index (χ4n) is 3.22. The Kier molecular flexibility index (Phi) is 7.03. The van der Waals surface area contributed by atoms with E-state index in [4.69, 9.17) is 0 Å². The minimum atomic E-state index is -3.47. The van der Waals surface area contributed by atoms with Crippen LogP contribution in [0.4, 0.5) is 0 Å². The molecule has 0 spiro atoms. The van der Waals surface area contributed by atoms with Crippen molar-refractivity contribution < 1.29 is 13.2 Å². The molecule has 0 saturated heterocycles. The monoisotopic (exact) mass is 422 g/mol. The molecular weight excluding hydrogens is 396 g/mol. The molecule has 0 aromatic heterocycles. The van der Waals surface area contributed by atoms with E-state index in [-0.39, 0.29) is 10.8 Å². The van der Waals surface area contributed by atoms with Crippen LogP contribution in [0.3, 0.4) is 0 Å². The normalized spacial score (nSPS) is 11.4. The lowest BCUT2D eigenvalue weighted by Gasteiger charge is -2.18. The average Bonchev–Trinajstić information content (AvgIpc) is 2.79. The van der Waals surface area contributed by atoms with E-state index in [1.165, 1.54) is 4.31 Å². The third-order valence-corrected chi connectivity index (χ3v) is 7.04. The SMILES string of the molecule is CCN(CC)S(=O)(=O)c1ccc(CNC(=O)c2ccc(-c3ccccc3)cc2)cc1. The Morgan fingerprint density at radius 3 is 1.93 bits per heavy atom. The first-order chi connectivity index (χ1) is 14.5. The molecule has 3 rings (SSSR count). The summed E-state index contributed by atoms with van der Waals surface area (Å²) in [6.45, 7) is 4.82. The third-order valence-electron chi connectivity index (χ3n) is 4.97. The Morgan fingerprint density at radius 1 is 0.800 bits per heavy atom. The van der Waals surface area contributed by atoms with Gasteiger partial charge in [-0.15, -0.1) is 0 Å². The third kappa shape index (κ3) is 4.96. The number of carbonyl (C=O) groups excluding carboxylic acids is 1. The van der Waals surface area contributed by atoms with Gasteiger partial charge in [0, 0.05) is 25.2 Å². The summed E-state index contributed by atoms with van der Waals surface area (Å²) in [5, 5.41) is 2.88. The standard InChI is InChI=1S/C24H26N2O3S/c1-3-26(4-2)30(28,29)23-16-10-19(11-17-23)18-25-24(27)22-14-12-21(13-15-22)20-8-6-5-7-9-20/h5-17H,3-4,18H2,1-2H3,(H,25,27). The highest BCUT2D eigenvalue weighted by Gasteiger charge is 2.21. The van der Waals surface area contributed by atoms with E-state index < -0.39 is 10.0 Å². The van der Waals surface area contributed by atoms with Crippen molar-refractivity contribution in [2.45, 2.75) is 25.3 Å². The quantitative estimate of drug-likeness (QED) is 0.588. The number of sulfonamides is 1. The first kappa shape index (κ1) is 21.7. The molecule has 3 aromatic carbocycles. The highest BCUT2D eigenvalue weighted by molar-refractivity contribution is 7.89. The molecule has 5 nitrogen and oxygen atoms in total. The Hall–Kier alpha value is -2.96. The zero-order valence-electron chi connectivity index (χ0n) is 17.2. The van der Waals surface area contributed by atoms with Gasteiger partial charge in [-0.2, -0.15) is 4.31 Å². The largest absolute Gasteiger partial charge is 0.348 e. The lowest BCUT2D eigenvalue weighted by Crippen LogP contribution is -2.30. The minimum Gasteiger partial charge on any atom is -0.348 e. The number of nitrogens with one attached hydrogen (secondary N) is 1. The predicted molar refractivity (Wildman–Crippen MR) is 120 cm³/mol. The lowest BCUT2D eigenvalue weighted by molar-refractivity contribution is 0.0951. The van der Waals surface area contributed by atoms with Crippen LogP contribution in [-0.4, -0.2) is 31.7 Å². The second-order valence-electron chi connectivity index (χ2n) is 6.86. The average molecular weight is 423 g/mol. The number of hydrogen-bond donors (Lipinski definition) is 1. The second kappa shape index (κ2) is 9.69. The molecule has 0 bridgehead atoms. The first-order valence-electron chi connectivity index (χ1n) is 9.98. The topological polar surface area (TPSA) is 66.5 Å². The number of carbonyl (C=O) groups is 1. The predicted octanol–water partition coefficient (Wildman–Crippen LogP) is 4.31. The highest BCUT2D eigenvalue weighted by atomic mass is 32.2. The fourth-order valence-corrected chi connectivity index (χ4v) is 4.68. The van der Waals surface area contributed by atoms with E-state index in [0.29, 0.717) is 25.2 Å². The summed E-state index contributed by atoms with van der Waals surface area (Å²) in [4.78, 5) is 12.7. The van der Waals surface area contributed by atoms with Crippen molar-refractivity contribution in [3.8, 4) is 11.1 Å². The second-order valence-corrected chi connectivity index (χ2v) is 8.80. The van der Waals surface area contributed by atoms with Gasteiger partial charge in [-0.1, -0.05) is 68.4 Å². The summed E-state index contributed by atoms with van der Waals surface area (Å²) >= 11 is 0. The molecule has 0 radical (unpaired) electrons. The van der Waals surface area contributed by atoms with Gasteiger partial charge in [0.15, 0.2) is 0 Å². The maximum absolute atomic E-state index is 12.5. The Bertz CT molecular complexity index is 1070. The molecule has 1 amide bonds. The number of benzene rings is 3. The molecule has 0 aliphatic heterocycles. The summed E-state index contributed by atoms with van der Waals surface area (Å²) in [5.74, 6) is -0.172. The van der Waals surface area contributed by atoms with Crippen molar-refractivity contribution in [3.05, 3.63) is 90.0 Å². The minimum absolute atomic E-state index is 0.172. The van der Waals surface area contributed by atoms with Crippen LogP contribution in [0.1, 0.15) is 29.8 Å². The van der Waals surface area contributed by atoms with Gasteiger partial charge < -0.3 is 5.32 Å². The van der Waals surface area contributed by atoms with Crippen LogP contribution in [0.25, 0.3) is 11.1 Å². The molecule has 0 aliphatic rings. The van der Waals surface area contributed by atoms with E-state index in [2.05, 4.69) is 5.32 Å². The molecule has 0 atom stereocenters. The number of hydrogen-bond acceptors (Lipinski definition) is 3. The number of rotatable bonds is 8. The van der Waals surface area contributed by atoms with E-state index in [9.17, 15) is 13.2 Å². The van der Waals surface area contributed by atoms with Crippen molar-refractivity contribution in [1.29, 1.82) is 0 Å². The van der Waals surface area contributed by atoms with Crippen molar-refractivity contribution in [2.75, 3.05) is 13.1 Å². The first-order valence-corrected chi connectivity index (χ1v) is 11.4. The van der Waals surface area contributed by atoms with E-state index >= 15 is 0 Å². The van der Waals surface area contributed by atoms with Gasteiger partial charge in [0.25, 0.3) is 5.91 Å². The maximum atomic E-state index is 12.5. The van der Waals surface area contributed by atoms with Gasteiger partial charge in [-0.05, 0) is 41.0 Å². The van der Waals surface area contributed by atoms with Crippen LogP contribution in [0.5, 0.6) is 0 Å². The highest BCUT2D eigenvalue weighted by Crippen LogP contribution is 2.19. The Balaban J connectivity index is 1.62. The van der Waals surface area contributed by atoms with Crippen molar-refractivity contribution in [2.24, 2.45) is 0 Å². The van der Waals surface area contributed by atoms with E-state index in [0.717, 1.165) is 16.7 Å². The summed E-state index contributed by atoms with van der Waals surface area (Å²) < 4.78 is 26.5. The van der Waals surface area contributed by atoms with Gasteiger partial charge in [0.2, 0.25) is 10.0 Å². The molecule has 0 saturated carbocycles. The van der Waals surface area contributed by atoms with Crippen LogP contribution in [-0.2, 0) is 16.6 Å². The number of amides is 1. The van der Waals surface area contributed by atoms with Gasteiger partial charge in [-0.3, -0.25) is 4.79 Å². The fraction of sp³-hybridized carbons (Fsp3) is 0.208. The van der Waals surface area contributed by atoms with Crippen LogP contribution in [0.2, 0.25) is 0 Å². The van der Waals surface area contributed by atoms with Gasteiger partial charge in [-0.25, -0.2) is 8.42 Å². The van der Waals surface area contributed by atoms with Crippen LogP contribution in [0, 0.1) is 0 Å². The maximum Gasteiger partial charge on any atom is 0.251 e. The molecule has 0 heterocycles. The van der Waals surface area contributed by atoms with Crippen LogP contribution >= 0.6 is 0 Å². The van der Waals surface area contributed by atoms with Crippen LogP contribution in [0.15, 0.2) is 83.8 Å². The van der Waals surface area contributed by atoms with E-state index in [1.54, 1.807) is 36.4 Å². The summed E-state index contributed by atoms with van der Waals surface area (Å²) in [5.41, 5.74) is 3.57. The van der Waals surface area contributed by atoms with Gasteiger partial charge >= 0.3 is 0 Å². The molecule has 1 N–H and O–H groups in total. The molecule has 3 aromatic rings. The van der Waals surface area contributed by atoms with Crippen LogP contribution < -0.4 is 5.32 Å². The summed E-state index contributed by atoms with van der Waals surface area (Å²) in [6.07, 6.45) is 0. The van der Waals surface area contributed by atoms with Crippen molar-refractivity contribution >= 4 is 15.9 Å². The van der Waals surface area contributed by atoms with Crippen molar-refractivity contribution in [1.82, 2.24) is 9.62 Å². The zero-order valence-corrected chi connectivity index (χ0v) is 18.0. The van der Waals surface area contributed by atoms with Gasteiger partial charge in [0.05, 0.1) is 4.90 Å². The van der Waals surface area contributed by atoms with Gasteiger partial charge in [0.1, 0.15) is 0 Å². The molecule has 6 heteroatoms. The smallest absolute Gasteiger partial charge is 0.251 e. The van der Waals surface area contributed by atoms with E-state index in [1.807, 2.05) is 56.3 Å². The number of nitrogens with zero attached hydrogens (tertiary/aromatic N) is 1. The zero-order chi connectivity index (χ0) is 21.6. The molecular formula is C24H26N2O3S. The lowest BCUT2D eigenvalue weighted by atomic mass is 10.0. The molecule has 0 aliphatic carbocycles. The molecule has 0 unspecified atom stereocenters. The molecule has 0 fully saturated rings. The molecule has 30 heavy (non-hydrogen) atoms. The Labute approximate surface area is 178 Å². The molecule has 156 valence electrons. The Morgan fingerprint density at radius 2 is 1.37 bits per heavy atom. The summed E-state index contributed by atoms with van der Waals surface area (Å²) in [6, 6.07) is 24.1. The summed E-state index contributed by atoms with van der Waals surface area (Å²) in [7, 11) is -3.47. The van der Waals surface area contributed by atoms with Crippen molar-refractivity contribution in [3.63, 3.8) is 0 Å².